The van der Waals surface area contributed by atoms with Crippen molar-refractivity contribution in [1.29, 1.82) is 0 Å². The monoisotopic (exact) mass is 831 g/mol. The highest BCUT2D eigenvalue weighted by Gasteiger charge is 2.19. The normalized spacial score (nSPS) is 13.1. The van der Waals surface area contributed by atoms with Crippen LogP contribution >= 0.6 is 0 Å². The molecule has 0 aliphatic heterocycles. The Labute approximate surface area is 368 Å². The van der Waals surface area contributed by atoms with E-state index in [0.717, 1.165) is 89.9 Å². The second-order valence-electron chi connectivity index (χ2n) is 15.3. The first kappa shape index (κ1) is 56.1. The van der Waals surface area contributed by atoms with Gasteiger partial charge in [0.2, 0.25) is 0 Å². The molecule has 0 N–H and O–H groups in total. The van der Waals surface area contributed by atoms with Gasteiger partial charge in [-0.25, -0.2) is 0 Å². The third-order valence-electron chi connectivity index (χ3n) is 9.60. The first-order valence-electron chi connectivity index (χ1n) is 23.9. The number of hydrogen-bond donors (Lipinski definition) is 0. The summed E-state index contributed by atoms with van der Waals surface area (Å²) in [5, 5.41) is 0. The number of esters is 3. The highest BCUT2D eigenvalue weighted by molar-refractivity contribution is 5.71. The number of unbranched alkanes of at least 4 members (excludes halogenated alkanes) is 15. The molecule has 338 valence electrons. The fourth-order valence-electron chi connectivity index (χ4n) is 6.05. The van der Waals surface area contributed by atoms with Crippen molar-refractivity contribution >= 4 is 17.9 Å². The molecule has 0 radical (unpaired) electrons. The molecule has 1 atom stereocenters. The molecule has 0 amide bonds. The van der Waals surface area contributed by atoms with Gasteiger partial charge in [0.25, 0.3) is 0 Å². The minimum atomic E-state index is -0.827. The maximum absolute atomic E-state index is 12.7. The third kappa shape index (κ3) is 45.2. The summed E-state index contributed by atoms with van der Waals surface area (Å²) in [6.45, 7) is 6.25. The summed E-state index contributed by atoms with van der Waals surface area (Å²) < 4.78 is 16.6. The van der Waals surface area contributed by atoms with Gasteiger partial charge in [0.1, 0.15) is 13.2 Å². The van der Waals surface area contributed by atoms with Crippen molar-refractivity contribution < 1.29 is 28.6 Å². The van der Waals surface area contributed by atoms with Crippen molar-refractivity contribution in [3.8, 4) is 0 Å². The van der Waals surface area contributed by atoms with Gasteiger partial charge in [-0.3, -0.25) is 14.4 Å². The molecule has 6 nitrogen and oxygen atoms in total. The number of ether oxygens (including phenoxy) is 3. The van der Waals surface area contributed by atoms with Gasteiger partial charge in [-0.1, -0.05) is 194 Å². The lowest BCUT2D eigenvalue weighted by Crippen LogP contribution is -2.30. The lowest BCUT2D eigenvalue weighted by molar-refractivity contribution is -0.166. The van der Waals surface area contributed by atoms with Crippen molar-refractivity contribution in [3.63, 3.8) is 0 Å². The van der Waals surface area contributed by atoms with Crippen molar-refractivity contribution in [1.82, 2.24) is 0 Å². The predicted molar refractivity (Wildman–Crippen MR) is 256 cm³/mol. The van der Waals surface area contributed by atoms with Crippen LogP contribution in [-0.4, -0.2) is 37.2 Å². The number of hydrogen-bond acceptors (Lipinski definition) is 6. The van der Waals surface area contributed by atoms with Crippen molar-refractivity contribution in [3.05, 3.63) is 109 Å². The quantitative estimate of drug-likeness (QED) is 0.0201. The fourth-order valence-corrected chi connectivity index (χ4v) is 6.05. The Morgan fingerprint density at radius 2 is 0.767 bits per heavy atom. The molecule has 60 heavy (non-hydrogen) atoms. The van der Waals surface area contributed by atoms with Crippen molar-refractivity contribution in [2.45, 2.75) is 200 Å². The molecule has 0 spiro atoms. The van der Waals surface area contributed by atoms with Gasteiger partial charge >= 0.3 is 17.9 Å². The van der Waals surface area contributed by atoms with E-state index in [9.17, 15) is 14.4 Å². The summed E-state index contributed by atoms with van der Waals surface area (Å²) in [5.74, 6) is -1.05. The maximum Gasteiger partial charge on any atom is 0.306 e. The molecular formula is C54H86O6. The van der Waals surface area contributed by atoms with Crippen molar-refractivity contribution in [2.24, 2.45) is 0 Å². The molecular weight excluding hydrogens is 745 g/mol. The SMILES string of the molecule is CC/C=C/C=C/C=C/C=C/CCCCCC(=O)OC(COC(=O)CC/C=C/C/C=C/CCCCCCCC)COC(=O)CCCCCCCC/C=C/C/C=C/C/C=C/CC. The number of carbonyl (C=O) groups is 3. The van der Waals surface area contributed by atoms with Gasteiger partial charge in [-0.2, -0.15) is 0 Å². The van der Waals surface area contributed by atoms with Crippen LogP contribution in [0.15, 0.2) is 109 Å². The molecule has 0 bridgehead atoms. The van der Waals surface area contributed by atoms with Crippen LogP contribution in [0.2, 0.25) is 0 Å². The average molecular weight is 831 g/mol. The zero-order chi connectivity index (χ0) is 43.7. The Balaban J connectivity index is 4.54. The summed E-state index contributed by atoms with van der Waals surface area (Å²) in [7, 11) is 0. The van der Waals surface area contributed by atoms with E-state index in [1.807, 2.05) is 42.5 Å². The van der Waals surface area contributed by atoms with Crippen LogP contribution < -0.4 is 0 Å². The van der Waals surface area contributed by atoms with E-state index >= 15 is 0 Å². The second-order valence-corrected chi connectivity index (χ2v) is 15.3. The Morgan fingerprint density at radius 3 is 1.33 bits per heavy atom. The molecule has 0 aliphatic carbocycles. The lowest BCUT2D eigenvalue weighted by Gasteiger charge is -2.18. The van der Waals surface area contributed by atoms with E-state index in [1.165, 1.54) is 51.4 Å². The molecule has 0 aromatic heterocycles. The molecule has 0 saturated carbocycles. The average Bonchev–Trinajstić information content (AvgIpc) is 3.24. The second kappa shape index (κ2) is 47.7. The molecule has 0 saturated heterocycles. The van der Waals surface area contributed by atoms with Gasteiger partial charge in [0.15, 0.2) is 6.10 Å². The van der Waals surface area contributed by atoms with Gasteiger partial charge in [0.05, 0.1) is 0 Å². The molecule has 6 heteroatoms. The Bertz CT molecular complexity index is 1280. The maximum atomic E-state index is 12.7. The van der Waals surface area contributed by atoms with Gasteiger partial charge in [-0.05, 0) is 89.9 Å². The van der Waals surface area contributed by atoms with E-state index in [-0.39, 0.29) is 44.0 Å². The van der Waals surface area contributed by atoms with Crippen molar-refractivity contribution in [2.75, 3.05) is 13.2 Å². The van der Waals surface area contributed by atoms with Gasteiger partial charge < -0.3 is 14.2 Å². The Kier molecular flexibility index (Phi) is 44.6. The topological polar surface area (TPSA) is 78.9 Å². The zero-order valence-corrected chi connectivity index (χ0v) is 38.4. The molecule has 0 aliphatic rings. The van der Waals surface area contributed by atoms with Gasteiger partial charge in [-0.15, -0.1) is 0 Å². The van der Waals surface area contributed by atoms with E-state index in [1.54, 1.807) is 0 Å². The number of rotatable bonds is 41. The van der Waals surface area contributed by atoms with Crippen LogP contribution in [0.1, 0.15) is 194 Å². The minimum Gasteiger partial charge on any atom is -0.462 e. The first-order valence-corrected chi connectivity index (χ1v) is 23.9. The summed E-state index contributed by atoms with van der Waals surface area (Å²) in [6, 6.07) is 0. The Hall–Kier alpha value is -3.93. The summed E-state index contributed by atoms with van der Waals surface area (Å²) in [6.07, 6.45) is 63.7. The van der Waals surface area contributed by atoms with E-state index in [2.05, 4.69) is 87.6 Å². The standard InChI is InChI=1S/C54H86O6/c1-4-7-10-13-16-19-22-25-26-27-30-32-35-38-41-44-47-53(56)59-50-51(60-54(57)48-45-42-39-36-33-29-24-21-18-15-12-9-6-3)49-58-52(55)46-43-40-37-34-31-28-23-20-17-14-11-8-5-2/h7,9-10,12,15-16,18-19,21,24-26,28-29,31,33,37,40,51H,4-6,8,11,13-14,17,20,22-23,27,30,32,34-36,38-39,41-50H2,1-3H3/b10-7+,12-9+,18-15+,19-16+,24-21+,26-25+,31-28+,33-29+,40-37+. The van der Waals surface area contributed by atoms with E-state index < -0.39 is 6.10 Å². The third-order valence-corrected chi connectivity index (χ3v) is 9.60. The van der Waals surface area contributed by atoms with Crippen LogP contribution in [0.3, 0.4) is 0 Å². The highest BCUT2D eigenvalue weighted by atomic mass is 16.6. The summed E-state index contributed by atoms with van der Waals surface area (Å²) in [5.41, 5.74) is 0. The number of carbonyl (C=O) groups excluding carboxylic acids is 3. The fraction of sp³-hybridized carbons (Fsp3) is 0.611. The predicted octanol–water partition coefficient (Wildman–Crippen LogP) is 15.6. The molecule has 0 heterocycles. The molecule has 0 rings (SSSR count). The minimum absolute atomic E-state index is 0.121. The largest absolute Gasteiger partial charge is 0.462 e. The number of allylic oxidation sites excluding steroid dienone is 18. The Morgan fingerprint density at radius 1 is 0.367 bits per heavy atom. The van der Waals surface area contributed by atoms with Crippen LogP contribution in [0.4, 0.5) is 0 Å². The molecule has 1 unspecified atom stereocenters. The van der Waals surface area contributed by atoms with Crippen LogP contribution in [-0.2, 0) is 28.6 Å². The lowest BCUT2D eigenvalue weighted by atomic mass is 10.1. The summed E-state index contributed by atoms with van der Waals surface area (Å²) >= 11 is 0. The van der Waals surface area contributed by atoms with Crippen LogP contribution in [0.5, 0.6) is 0 Å². The smallest absolute Gasteiger partial charge is 0.306 e. The summed E-state index contributed by atoms with van der Waals surface area (Å²) in [4.78, 5) is 37.8. The van der Waals surface area contributed by atoms with Crippen LogP contribution in [0, 0.1) is 0 Å². The van der Waals surface area contributed by atoms with Crippen LogP contribution in [0.25, 0.3) is 0 Å². The van der Waals surface area contributed by atoms with E-state index in [0.29, 0.717) is 19.3 Å². The van der Waals surface area contributed by atoms with Gasteiger partial charge in [0, 0.05) is 19.3 Å². The zero-order valence-electron chi connectivity index (χ0n) is 38.4. The highest BCUT2D eigenvalue weighted by Crippen LogP contribution is 2.12. The first-order chi connectivity index (χ1) is 29.5. The molecule has 0 aromatic carbocycles. The molecule has 0 fully saturated rings. The molecule has 0 aromatic rings. The van der Waals surface area contributed by atoms with E-state index in [4.69, 9.17) is 14.2 Å².